The first kappa shape index (κ1) is 15.0. The number of aromatic nitrogens is 2. The van der Waals surface area contributed by atoms with Gasteiger partial charge in [0.25, 0.3) is 0 Å². The molecule has 2 rings (SSSR count). The summed E-state index contributed by atoms with van der Waals surface area (Å²) in [6.45, 7) is 7.24. The van der Waals surface area contributed by atoms with E-state index in [0.29, 0.717) is 24.7 Å². The summed E-state index contributed by atoms with van der Waals surface area (Å²) in [5, 5.41) is 3.50. The molecule has 0 saturated carbocycles. The quantitative estimate of drug-likeness (QED) is 0.914. The molecule has 1 heterocycles. The van der Waals surface area contributed by atoms with Crippen LogP contribution in [0.15, 0.2) is 24.4 Å². The Labute approximate surface area is 123 Å². The average molecular weight is 296 g/mol. The molecule has 5 heteroatoms. The van der Waals surface area contributed by atoms with Crippen molar-refractivity contribution in [2.45, 2.75) is 39.9 Å². The van der Waals surface area contributed by atoms with E-state index in [1.807, 2.05) is 17.7 Å². The van der Waals surface area contributed by atoms with E-state index >= 15 is 0 Å². The molecule has 0 atom stereocenters. The van der Waals surface area contributed by atoms with Crippen LogP contribution >= 0.6 is 11.6 Å². The van der Waals surface area contributed by atoms with Gasteiger partial charge in [0.15, 0.2) is 0 Å². The normalized spacial score (nSPS) is 11.3. The number of hydrogen-bond donors (Lipinski definition) is 1. The number of benzene rings is 1. The molecule has 0 aliphatic heterocycles. The van der Waals surface area contributed by atoms with E-state index in [1.165, 1.54) is 0 Å². The lowest BCUT2D eigenvalue weighted by Gasteiger charge is -2.13. The lowest BCUT2D eigenvalue weighted by Crippen LogP contribution is -2.24. The van der Waals surface area contributed by atoms with Crippen molar-refractivity contribution in [2.24, 2.45) is 0 Å². The van der Waals surface area contributed by atoms with Crippen molar-refractivity contribution in [3.05, 3.63) is 52.3 Å². The van der Waals surface area contributed by atoms with Crippen molar-refractivity contribution >= 4 is 11.6 Å². The first-order valence-corrected chi connectivity index (χ1v) is 7.04. The van der Waals surface area contributed by atoms with Crippen molar-refractivity contribution in [1.82, 2.24) is 14.9 Å². The van der Waals surface area contributed by atoms with Crippen LogP contribution < -0.4 is 5.32 Å². The van der Waals surface area contributed by atoms with E-state index in [2.05, 4.69) is 24.1 Å². The van der Waals surface area contributed by atoms with E-state index < -0.39 is 0 Å². The van der Waals surface area contributed by atoms with Crippen molar-refractivity contribution < 1.29 is 4.39 Å². The summed E-state index contributed by atoms with van der Waals surface area (Å²) in [4.78, 5) is 4.31. The molecule has 0 aliphatic carbocycles. The first-order chi connectivity index (χ1) is 9.49. The maximum absolute atomic E-state index is 14.0. The van der Waals surface area contributed by atoms with Crippen molar-refractivity contribution in [3.63, 3.8) is 0 Å². The molecule has 108 valence electrons. The maximum atomic E-state index is 14.0. The van der Waals surface area contributed by atoms with Crippen molar-refractivity contribution in [2.75, 3.05) is 0 Å². The Kier molecular flexibility index (Phi) is 4.78. The fourth-order valence-corrected chi connectivity index (χ4v) is 2.22. The second-order valence-corrected chi connectivity index (χ2v) is 5.54. The predicted molar refractivity (Wildman–Crippen MR) is 79.5 cm³/mol. The lowest BCUT2D eigenvalue weighted by atomic mass is 10.2. The number of hydrogen-bond acceptors (Lipinski definition) is 2. The molecule has 0 aliphatic rings. The van der Waals surface area contributed by atoms with Gasteiger partial charge in [-0.1, -0.05) is 37.6 Å². The van der Waals surface area contributed by atoms with Gasteiger partial charge in [0.2, 0.25) is 0 Å². The van der Waals surface area contributed by atoms with E-state index in [9.17, 15) is 4.39 Å². The number of halogens is 2. The van der Waals surface area contributed by atoms with Crippen LogP contribution in [0, 0.1) is 12.7 Å². The smallest absolute Gasteiger partial charge is 0.146 e. The fraction of sp³-hybridized carbons (Fsp3) is 0.400. The van der Waals surface area contributed by atoms with Gasteiger partial charge in [0.05, 0.1) is 17.3 Å². The molecule has 0 bridgehead atoms. The molecule has 1 N–H and O–H groups in total. The second kappa shape index (κ2) is 6.37. The zero-order valence-corrected chi connectivity index (χ0v) is 12.7. The van der Waals surface area contributed by atoms with E-state index in [-0.39, 0.29) is 10.8 Å². The summed E-state index contributed by atoms with van der Waals surface area (Å²) >= 11 is 5.82. The number of imidazole rings is 1. The minimum atomic E-state index is -0.356. The van der Waals surface area contributed by atoms with Gasteiger partial charge in [-0.15, -0.1) is 0 Å². The molecule has 0 radical (unpaired) electrons. The number of nitrogens with zero attached hydrogens (tertiary/aromatic N) is 2. The highest BCUT2D eigenvalue weighted by molar-refractivity contribution is 6.30. The van der Waals surface area contributed by atoms with Gasteiger partial charge in [0.1, 0.15) is 11.6 Å². The van der Waals surface area contributed by atoms with E-state index in [1.54, 1.807) is 18.2 Å². The Hall–Kier alpha value is -1.39. The summed E-state index contributed by atoms with van der Waals surface area (Å²) in [7, 11) is 0. The molecule has 1 aromatic carbocycles. The van der Waals surface area contributed by atoms with Gasteiger partial charge >= 0.3 is 0 Å². The Morgan fingerprint density at radius 3 is 2.85 bits per heavy atom. The molecule has 0 saturated heterocycles. The van der Waals surface area contributed by atoms with Crippen LogP contribution in [0.2, 0.25) is 5.02 Å². The third kappa shape index (κ3) is 3.38. The molecule has 1 aromatic heterocycles. The number of rotatable bonds is 5. The predicted octanol–water partition coefficient (Wildman–Crippen LogP) is 3.53. The minimum absolute atomic E-state index is 0.155. The van der Waals surface area contributed by atoms with Crippen LogP contribution in [-0.4, -0.2) is 15.6 Å². The third-order valence-corrected chi connectivity index (χ3v) is 3.48. The maximum Gasteiger partial charge on any atom is 0.146 e. The van der Waals surface area contributed by atoms with Gasteiger partial charge in [-0.3, -0.25) is 0 Å². The Bertz CT molecular complexity index is 593. The molecule has 0 spiro atoms. The van der Waals surface area contributed by atoms with Crippen LogP contribution in [0.25, 0.3) is 0 Å². The van der Waals surface area contributed by atoms with Gasteiger partial charge in [-0.2, -0.15) is 0 Å². The lowest BCUT2D eigenvalue weighted by molar-refractivity contribution is 0.553. The highest BCUT2D eigenvalue weighted by Gasteiger charge is 2.11. The minimum Gasteiger partial charge on any atom is -0.326 e. The standard InChI is InChI=1S/C15H19ClFN3/c1-10(2)18-7-13-8-19-11(3)20(13)9-12-5-4-6-14(16)15(12)17/h4-6,8,10,18H,7,9H2,1-3H3. The second-order valence-electron chi connectivity index (χ2n) is 5.13. The highest BCUT2D eigenvalue weighted by atomic mass is 35.5. The van der Waals surface area contributed by atoms with Crippen LogP contribution in [0.3, 0.4) is 0 Å². The van der Waals surface area contributed by atoms with Crippen LogP contribution in [-0.2, 0) is 13.1 Å². The summed E-state index contributed by atoms with van der Waals surface area (Å²) in [6.07, 6.45) is 1.83. The Balaban J connectivity index is 2.24. The van der Waals surface area contributed by atoms with Crippen molar-refractivity contribution in [1.29, 1.82) is 0 Å². The van der Waals surface area contributed by atoms with Gasteiger partial charge in [0, 0.05) is 24.3 Å². The number of nitrogens with one attached hydrogen (secondary N) is 1. The summed E-state index contributed by atoms with van der Waals surface area (Å²) in [6, 6.07) is 5.46. The molecule has 2 aromatic rings. The monoisotopic (exact) mass is 295 g/mol. The van der Waals surface area contributed by atoms with Crippen molar-refractivity contribution in [3.8, 4) is 0 Å². The van der Waals surface area contributed by atoms with Gasteiger partial charge in [-0.05, 0) is 13.0 Å². The summed E-state index contributed by atoms with van der Waals surface area (Å²) < 4.78 is 16.0. The zero-order chi connectivity index (χ0) is 14.7. The number of aryl methyl sites for hydroxylation is 1. The van der Waals surface area contributed by atoms with E-state index in [4.69, 9.17) is 11.6 Å². The molecule has 20 heavy (non-hydrogen) atoms. The van der Waals surface area contributed by atoms with Crippen LogP contribution in [0.4, 0.5) is 4.39 Å². The SMILES string of the molecule is Cc1ncc(CNC(C)C)n1Cc1cccc(Cl)c1F. The van der Waals surface area contributed by atoms with E-state index in [0.717, 1.165) is 11.5 Å². The fourth-order valence-electron chi connectivity index (χ4n) is 2.02. The third-order valence-electron chi connectivity index (χ3n) is 3.19. The first-order valence-electron chi connectivity index (χ1n) is 6.66. The average Bonchev–Trinajstić information content (AvgIpc) is 2.74. The summed E-state index contributed by atoms with van der Waals surface area (Å²) in [5.74, 6) is 0.509. The largest absolute Gasteiger partial charge is 0.326 e. The van der Waals surface area contributed by atoms with Crippen LogP contribution in [0.5, 0.6) is 0 Å². The van der Waals surface area contributed by atoms with Crippen LogP contribution in [0.1, 0.15) is 30.9 Å². The molecular formula is C15H19ClFN3. The molecule has 0 unspecified atom stereocenters. The highest BCUT2D eigenvalue weighted by Crippen LogP contribution is 2.20. The van der Waals surface area contributed by atoms with Gasteiger partial charge in [-0.25, -0.2) is 9.37 Å². The zero-order valence-electron chi connectivity index (χ0n) is 12.0. The molecule has 0 fully saturated rings. The topological polar surface area (TPSA) is 29.9 Å². The Morgan fingerprint density at radius 2 is 2.15 bits per heavy atom. The molecule has 0 amide bonds. The molecule has 3 nitrogen and oxygen atoms in total. The Morgan fingerprint density at radius 1 is 1.40 bits per heavy atom. The molecular weight excluding hydrogens is 277 g/mol. The summed E-state index contributed by atoms with van der Waals surface area (Å²) in [5.41, 5.74) is 1.61. The van der Waals surface area contributed by atoms with Gasteiger partial charge < -0.3 is 9.88 Å².